The SMILES string of the molecule is CC(C)n1nccc1C1CN(C(=O)Cc2ccc(F)cn2)CC12CCCN(Cc1ccccc1)C2=O.O=C(O)C(F)(F)F. The summed E-state index contributed by atoms with van der Waals surface area (Å²) in [6.07, 6.45) is -0.486. The highest BCUT2D eigenvalue weighted by atomic mass is 19.4. The van der Waals surface area contributed by atoms with Crippen molar-refractivity contribution in [3.63, 3.8) is 0 Å². The topological polar surface area (TPSA) is 109 Å². The predicted octanol–water partition coefficient (Wildman–Crippen LogP) is 4.61. The zero-order valence-electron chi connectivity index (χ0n) is 23.8. The third-order valence-electron chi connectivity index (χ3n) is 7.79. The van der Waals surface area contributed by atoms with Gasteiger partial charge in [0.05, 0.1) is 18.0 Å². The van der Waals surface area contributed by atoms with Crippen molar-refractivity contribution >= 4 is 17.8 Å². The Morgan fingerprint density at radius 3 is 2.42 bits per heavy atom. The minimum absolute atomic E-state index is 0.0778. The summed E-state index contributed by atoms with van der Waals surface area (Å²) < 4.78 is 47.0. The van der Waals surface area contributed by atoms with Gasteiger partial charge in [0.1, 0.15) is 5.82 Å². The number of halogens is 4. The number of nitrogens with zero attached hydrogens (tertiary/aromatic N) is 5. The van der Waals surface area contributed by atoms with Gasteiger partial charge in [0.25, 0.3) is 0 Å². The van der Waals surface area contributed by atoms with Gasteiger partial charge in [0, 0.05) is 55.7 Å². The van der Waals surface area contributed by atoms with Crippen LogP contribution < -0.4 is 0 Å². The van der Waals surface area contributed by atoms with E-state index in [9.17, 15) is 27.2 Å². The van der Waals surface area contributed by atoms with Crippen LogP contribution in [-0.4, -0.2) is 73.3 Å². The lowest BCUT2D eigenvalue weighted by Crippen LogP contribution is -2.52. The maximum atomic E-state index is 14.2. The van der Waals surface area contributed by atoms with E-state index >= 15 is 0 Å². The monoisotopic (exact) mass is 603 g/mol. The molecule has 2 unspecified atom stereocenters. The molecule has 2 atom stereocenters. The van der Waals surface area contributed by atoms with Crippen molar-refractivity contribution in [2.24, 2.45) is 5.41 Å². The molecule has 43 heavy (non-hydrogen) atoms. The highest BCUT2D eigenvalue weighted by Crippen LogP contribution is 2.50. The molecule has 0 radical (unpaired) electrons. The van der Waals surface area contributed by atoms with Gasteiger partial charge in [-0.25, -0.2) is 9.18 Å². The Morgan fingerprint density at radius 1 is 1.12 bits per heavy atom. The maximum absolute atomic E-state index is 14.2. The van der Waals surface area contributed by atoms with E-state index in [4.69, 9.17) is 9.90 Å². The molecular weight excluding hydrogens is 570 g/mol. The minimum atomic E-state index is -5.08. The number of piperidine rings is 1. The fourth-order valence-electron chi connectivity index (χ4n) is 5.82. The molecule has 3 aromatic rings. The van der Waals surface area contributed by atoms with Crippen LogP contribution in [0.2, 0.25) is 0 Å². The number of pyridine rings is 1. The van der Waals surface area contributed by atoms with Gasteiger partial charge in [0.15, 0.2) is 0 Å². The number of carboxylic acids is 1. The van der Waals surface area contributed by atoms with Crippen molar-refractivity contribution in [3.8, 4) is 0 Å². The summed E-state index contributed by atoms with van der Waals surface area (Å²) in [4.78, 5) is 44.3. The van der Waals surface area contributed by atoms with Gasteiger partial charge in [-0.15, -0.1) is 0 Å². The molecule has 2 fully saturated rings. The predicted molar refractivity (Wildman–Crippen MR) is 147 cm³/mol. The third kappa shape index (κ3) is 7.20. The number of hydrogen-bond acceptors (Lipinski definition) is 5. The Kier molecular flexibility index (Phi) is 9.51. The molecule has 4 heterocycles. The van der Waals surface area contributed by atoms with E-state index in [-0.39, 0.29) is 30.2 Å². The molecule has 2 saturated heterocycles. The quantitative estimate of drug-likeness (QED) is 0.413. The van der Waals surface area contributed by atoms with Crippen LogP contribution in [0.1, 0.15) is 55.6 Å². The Morgan fingerprint density at radius 2 is 1.81 bits per heavy atom. The first kappa shape index (κ1) is 31.6. The summed E-state index contributed by atoms with van der Waals surface area (Å²) in [5, 5.41) is 11.7. The number of carboxylic acid groups (broad SMARTS) is 1. The first-order valence-corrected chi connectivity index (χ1v) is 13.9. The van der Waals surface area contributed by atoms with Gasteiger partial charge in [-0.1, -0.05) is 30.3 Å². The number of aliphatic carboxylic acids is 1. The Bertz CT molecular complexity index is 1430. The van der Waals surface area contributed by atoms with Gasteiger partial charge in [-0.2, -0.15) is 18.3 Å². The number of aromatic nitrogens is 3. The van der Waals surface area contributed by atoms with Gasteiger partial charge in [-0.3, -0.25) is 19.3 Å². The molecule has 0 bridgehead atoms. The van der Waals surface area contributed by atoms with Crippen LogP contribution in [0, 0.1) is 11.2 Å². The maximum Gasteiger partial charge on any atom is 0.490 e. The van der Waals surface area contributed by atoms with Crippen molar-refractivity contribution in [2.45, 2.75) is 57.8 Å². The van der Waals surface area contributed by atoms with E-state index in [2.05, 4.69) is 23.9 Å². The number of rotatable bonds is 6. The van der Waals surface area contributed by atoms with Crippen molar-refractivity contribution in [1.82, 2.24) is 24.6 Å². The second kappa shape index (κ2) is 12.9. The number of benzene rings is 1. The van der Waals surface area contributed by atoms with Gasteiger partial charge < -0.3 is 14.9 Å². The molecule has 0 aliphatic carbocycles. The summed E-state index contributed by atoms with van der Waals surface area (Å²) in [5.41, 5.74) is 1.91. The summed E-state index contributed by atoms with van der Waals surface area (Å²) in [6, 6.07) is 15.0. The fourth-order valence-corrected chi connectivity index (χ4v) is 5.82. The van der Waals surface area contributed by atoms with E-state index in [0.29, 0.717) is 31.9 Å². The highest BCUT2D eigenvalue weighted by Gasteiger charge is 2.57. The normalized spacial score (nSPS) is 20.3. The van der Waals surface area contributed by atoms with Crippen molar-refractivity contribution in [2.75, 3.05) is 19.6 Å². The average Bonchev–Trinajstić information content (AvgIpc) is 3.59. The van der Waals surface area contributed by atoms with Crippen LogP contribution in [0.4, 0.5) is 17.6 Å². The van der Waals surface area contributed by atoms with Crippen molar-refractivity contribution in [1.29, 1.82) is 0 Å². The van der Waals surface area contributed by atoms with Gasteiger partial charge >= 0.3 is 12.1 Å². The Hall–Kier alpha value is -4.29. The lowest BCUT2D eigenvalue weighted by atomic mass is 9.70. The molecular formula is C30H33F4N5O4. The number of likely N-dealkylation sites (tertiary alicyclic amines) is 2. The summed E-state index contributed by atoms with van der Waals surface area (Å²) >= 11 is 0. The average molecular weight is 604 g/mol. The molecule has 1 spiro atoms. The van der Waals surface area contributed by atoms with Gasteiger partial charge in [0.2, 0.25) is 11.8 Å². The van der Waals surface area contributed by atoms with Gasteiger partial charge in [-0.05, 0) is 50.5 Å². The lowest BCUT2D eigenvalue weighted by Gasteiger charge is -2.42. The van der Waals surface area contributed by atoms with E-state index < -0.39 is 23.4 Å². The standard InChI is InChI=1S/C28H32FN5O2.C2HF3O2/c1-20(2)34-25(11-13-31-34)24-18-33(26(35)15-23-10-9-22(29)16-30-23)19-28(24)12-6-14-32(27(28)36)17-21-7-4-3-5-8-21;3-2(4,5)1(6)7/h3-5,7-11,13,16,20,24H,6,12,14-15,17-19H2,1-2H3;(H,6,7). The second-order valence-corrected chi connectivity index (χ2v) is 11.0. The zero-order chi connectivity index (χ0) is 31.4. The van der Waals surface area contributed by atoms with E-state index in [1.54, 1.807) is 11.1 Å². The van der Waals surface area contributed by atoms with Crippen LogP contribution in [0.5, 0.6) is 0 Å². The van der Waals surface area contributed by atoms with Crippen LogP contribution in [0.15, 0.2) is 60.9 Å². The van der Waals surface area contributed by atoms with Crippen molar-refractivity contribution < 1.29 is 37.1 Å². The summed E-state index contributed by atoms with van der Waals surface area (Å²) in [6.45, 7) is 6.23. The Balaban J connectivity index is 0.000000541. The molecule has 13 heteroatoms. The molecule has 0 saturated carbocycles. The fraction of sp³-hybridized carbons (Fsp3) is 0.433. The van der Waals surface area contributed by atoms with E-state index in [0.717, 1.165) is 30.3 Å². The first-order valence-electron chi connectivity index (χ1n) is 13.9. The van der Waals surface area contributed by atoms with E-state index in [1.807, 2.05) is 46.0 Å². The highest BCUT2D eigenvalue weighted by molar-refractivity contribution is 5.88. The van der Waals surface area contributed by atoms with Crippen LogP contribution >= 0.6 is 0 Å². The molecule has 230 valence electrons. The molecule has 1 aromatic carbocycles. The van der Waals surface area contributed by atoms with Crippen molar-refractivity contribution in [3.05, 3.63) is 83.7 Å². The lowest BCUT2D eigenvalue weighted by molar-refractivity contribution is -0.192. The zero-order valence-corrected chi connectivity index (χ0v) is 23.8. The molecule has 2 aliphatic rings. The number of carbonyl (C=O) groups excluding carboxylic acids is 2. The van der Waals surface area contributed by atoms with Crippen LogP contribution in [0.3, 0.4) is 0 Å². The first-order chi connectivity index (χ1) is 20.3. The molecule has 5 rings (SSSR count). The Labute approximate surface area is 246 Å². The summed E-state index contributed by atoms with van der Waals surface area (Å²) in [5.74, 6) is -3.33. The molecule has 1 N–H and O–H groups in total. The molecule has 2 amide bonds. The van der Waals surface area contributed by atoms with Crippen LogP contribution in [0.25, 0.3) is 0 Å². The molecule has 2 aromatic heterocycles. The van der Waals surface area contributed by atoms with E-state index in [1.165, 1.54) is 12.1 Å². The number of carbonyl (C=O) groups is 3. The molecule has 9 nitrogen and oxygen atoms in total. The smallest absolute Gasteiger partial charge is 0.475 e. The third-order valence-corrected chi connectivity index (χ3v) is 7.79. The van der Waals surface area contributed by atoms with Crippen LogP contribution in [-0.2, 0) is 27.3 Å². The largest absolute Gasteiger partial charge is 0.490 e. The molecule has 2 aliphatic heterocycles. The second-order valence-electron chi connectivity index (χ2n) is 11.0. The number of hydrogen-bond donors (Lipinski definition) is 1. The summed E-state index contributed by atoms with van der Waals surface area (Å²) in [7, 11) is 0. The number of amides is 2. The minimum Gasteiger partial charge on any atom is -0.475 e. The number of alkyl halides is 3.